The van der Waals surface area contributed by atoms with Gasteiger partial charge in [0, 0.05) is 18.1 Å². The normalized spacial score (nSPS) is 12.0. The third kappa shape index (κ3) is 5.37. The van der Waals surface area contributed by atoms with Gasteiger partial charge in [0.1, 0.15) is 0 Å². The molecule has 0 spiro atoms. The first-order valence-electron chi connectivity index (χ1n) is 8.15. The lowest BCUT2D eigenvalue weighted by Gasteiger charge is -2.26. The summed E-state index contributed by atoms with van der Waals surface area (Å²) in [5.74, 6) is -3.42. The molecule has 0 fully saturated rings. The van der Waals surface area contributed by atoms with Crippen LogP contribution >= 0.6 is 11.6 Å². The molecular formula is C20H18ClF2NO3. The Morgan fingerprint density at radius 2 is 1.93 bits per heavy atom. The van der Waals surface area contributed by atoms with Crippen LogP contribution in [0.2, 0.25) is 5.02 Å². The molecule has 142 valence electrons. The number of esters is 1. The lowest BCUT2D eigenvalue weighted by molar-refractivity contribution is -0.152. The lowest BCUT2D eigenvalue weighted by Crippen LogP contribution is -2.36. The van der Waals surface area contributed by atoms with Crippen molar-refractivity contribution in [2.45, 2.75) is 13.0 Å². The standard InChI is InChI=1S/C20H18ClF2NO3/c1-3-27-20(26)19(14-8-9-16(22)17(23)12-14)24(2)18(25)10-7-13-5-4-6-15(21)11-13/h4-12,19H,3H2,1-2H3/b10-7-/t19-/m0/s1. The molecule has 0 bridgehead atoms. The molecule has 4 nitrogen and oxygen atoms in total. The number of ether oxygens (including phenoxy) is 1. The summed E-state index contributed by atoms with van der Waals surface area (Å²) in [6.45, 7) is 1.69. The molecule has 1 amide bonds. The topological polar surface area (TPSA) is 46.6 Å². The minimum Gasteiger partial charge on any atom is -0.464 e. The van der Waals surface area contributed by atoms with Gasteiger partial charge in [0.05, 0.1) is 6.61 Å². The number of hydrogen-bond donors (Lipinski definition) is 0. The minimum atomic E-state index is -1.21. The Hall–Kier alpha value is -2.73. The van der Waals surface area contributed by atoms with Gasteiger partial charge in [-0.1, -0.05) is 29.8 Å². The zero-order chi connectivity index (χ0) is 20.0. The maximum Gasteiger partial charge on any atom is 0.333 e. The number of hydrogen-bond acceptors (Lipinski definition) is 3. The number of amides is 1. The highest BCUT2D eigenvalue weighted by Gasteiger charge is 2.29. The van der Waals surface area contributed by atoms with Crippen molar-refractivity contribution >= 4 is 29.6 Å². The van der Waals surface area contributed by atoms with E-state index in [0.717, 1.165) is 17.0 Å². The van der Waals surface area contributed by atoms with Crippen molar-refractivity contribution in [3.05, 3.63) is 76.3 Å². The second kappa shape index (κ2) is 9.28. The SMILES string of the molecule is CCOC(=O)[C@H](c1ccc(F)c(F)c1)N(C)C(=O)/C=C\c1cccc(Cl)c1. The van der Waals surface area contributed by atoms with Crippen LogP contribution in [-0.2, 0) is 14.3 Å². The van der Waals surface area contributed by atoms with Gasteiger partial charge >= 0.3 is 5.97 Å². The third-order valence-electron chi connectivity index (χ3n) is 3.77. The van der Waals surface area contributed by atoms with Gasteiger partial charge in [-0.25, -0.2) is 13.6 Å². The molecule has 27 heavy (non-hydrogen) atoms. The van der Waals surface area contributed by atoms with Crippen molar-refractivity contribution in [2.24, 2.45) is 0 Å². The number of carbonyl (C=O) groups excluding carboxylic acids is 2. The van der Waals surface area contributed by atoms with Crippen LogP contribution in [0, 0.1) is 11.6 Å². The Balaban J connectivity index is 2.29. The molecule has 0 saturated carbocycles. The maximum atomic E-state index is 13.6. The number of likely N-dealkylation sites (N-methyl/N-ethyl adjacent to an activating group) is 1. The predicted octanol–water partition coefficient (Wildman–Crippen LogP) is 4.39. The van der Waals surface area contributed by atoms with Gasteiger partial charge in [0.15, 0.2) is 17.7 Å². The Morgan fingerprint density at radius 1 is 1.19 bits per heavy atom. The molecule has 0 aliphatic heterocycles. The first-order valence-corrected chi connectivity index (χ1v) is 8.53. The van der Waals surface area contributed by atoms with Crippen LogP contribution in [-0.4, -0.2) is 30.4 Å². The van der Waals surface area contributed by atoms with E-state index in [0.29, 0.717) is 10.6 Å². The largest absolute Gasteiger partial charge is 0.464 e. The Bertz CT molecular complexity index is 870. The minimum absolute atomic E-state index is 0.0827. The average Bonchev–Trinajstić information content (AvgIpc) is 2.63. The van der Waals surface area contributed by atoms with E-state index in [4.69, 9.17) is 16.3 Å². The quantitative estimate of drug-likeness (QED) is 0.540. The van der Waals surface area contributed by atoms with Crippen LogP contribution in [0.15, 0.2) is 48.5 Å². The number of rotatable bonds is 6. The molecule has 2 aromatic rings. The Labute approximate surface area is 161 Å². The zero-order valence-corrected chi connectivity index (χ0v) is 15.5. The third-order valence-corrected chi connectivity index (χ3v) is 4.01. The summed E-state index contributed by atoms with van der Waals surface area (Å²) >= 11 is 5.90. The molecule has 0 radical (unpaired) electrons. The molecule has 0 aliphatic rings. The number of halogens is 3. The highest BCUT2D eigenvalue weighted by Crippen LogP contribution is 2.24. The van der Waals surface area contributed by atoms with Gasteiger partial charge in [0.2, 0.25) is 5.91 Å². The summed E-state index contributed by atoms with van der Waals surface area (Å²) in [6.07, 6.45) is 2.80. The smallest absolute Gasteiger partial charge is 0.333 e. The molecule has 1 atom stereocenters. The van der Waals surface area contributed by atoms with Gasteiger partial charge in [-0.3, -0.25) is 4.79 Å². The van der Waals surface area contributed by atoms with Gasteiger partial charge in [-0.05, 0) is 48.4 Å². The van der Waals surface area contributed by atoms with Crippen LogP contribution < -0.4 is 0 Å². The van der Waals surface area contributed by atoms with Crippen LogP contribution in [0.1, 0.15) is 24.1 Å². The molecule has 0 aliphatic carbocycles. The van der Waals surface area contributed by atoms with E-state index in [2.05, 4.69) is 0 Å². The van der Waals surface area contributed by atoms with Crippen molar-refractivity contribution in [3.63, 3.8) is 0 Å². The molecule has 0 aromatic heterocycles. The maximum absolute atomic E-state index is 13.6. The molecule has 2 rings (SSSR count). The van der Waals surface area contributed by atoms with E-state index in [9.17, 15) is 18.4 Å². The zero-order valence-electron chi connectivity index (χ0n) is 14.8. The van der Waals surface area contributed by atoms with E-state index in [1.54, 1.807) is 31.2 Å². The second-order valence-electron chi connectivity index (χ2n) is 5.67. The van der Waals surface area contributed by atoms with Crippen molar-refractivity contribution in [3.8, 4) is 0 Å². The highest BCUT2D eigenvalue weighted by atomic mass is 35.5. The molecule has 0 N–H and O–H groups in total. The van der Waals surface area contributed by atoms with Crippen molar-refractivity contribution < 1.29 is 23.1 Å². The van der Waals surface area contributed by atoms with Crippen LogP contribution in [0.3, 0.4) is 0 Å². The highest BCUT2D eigenvalue weighted by molar-refractivity contribution is 6.30. The second-order valence-corrected chi connectivity index (χ2v) is 6.10. The fourth-order valence-electron chi connectivity index (χ4n) is 2.44. The first-order chi connectivity index (χ1) is 12.8. The fourth-order valence-corrected chi connectivity index (χ4v) is 2.64. The monoisotopic (exact) mass is 393 g/mol. The molecular weight excluding hydrogens is 376 g/mol. The Morgan fingerprint density at radius 3 is 2.56 bits per heavy atom. The van der Waals surface area contributed by atoms with Crippen molar-refractivity contribution in [1.29, 1.82) is 0 Å². The van der Waals surface area contributed by atoms with Gasteiger partial charge in [-0.2, -0.15) is 0 Å². The first kappa shape index (κ1) is 20.6. The number of carbonyl (C=O) groups is 2. The van der Waals surface area contributed by atoms with E-state index in [-0.39, 0.29) is 12.2 Å². The molecule has 0 heterocycles. The van der Waals surface area contributed by atoms with Gasteiger partial charge in [0.25, 0.3) is 0 Å². The summed E-state index contributed by atoms with van der Waals surface area (Å²) in [6, 6.07) is 8.67. The van der Waals surface area contributed by atoms with Gasteiger partial charge in [-0.15, -0.1) is 0 Å². The van der Waals surface area contributed by atoms with Crippen molar-refractivity contribution in [1.82, 2.24) is 4.90 Å². The molecule has 0 saturated heterocycles. The molecule has 0 unspecified atom stereocenters. The lowest BCUT2D eigenvalue weighted by atomic mass is 10.0. The summed E-state index contributed by atoms with van der Waals surface area (Å²) in [4.78, 5) is 25.9. The summed E-state index contributed by atoms with van der Waals surface area (Å²) < 4.78 is 31.8. The average molecular weight is 394 g/mol. The summed E-state index contributed by atoms with van der Waals surface area (Å²) in [5.41, 5.74) is 0.809. The van der Waals surface area contributed by atoms with E-state index in [1.807, 2.05) is 0 Å². The van der Waals surface area contributed by atoms with E-state index >= 15 is 0 Å². The molecule has 2 aromatic carbocycles. The van der Waals surface area contributed by atoms with Crippen LogP contribution in [0.5, 0.6) is 0 Å². The van der Waals surface area contributed by atoms with E-state index in [1.165, 1.54) is 25.3 Å². The Kier molecular flexibility index (Phi) is 7.07. The van der Waals surface area contributed by atoms with E-state index < -0.39 is 29.6 Å². The number of nitrogens with zero attached hydrogens (tertiary/aromatic N) is 1. The summed E-state index contributed by atoms with van der Waals surface area (Å²) in [7, 11) is 1.38. The van der Waals surface area contributed by atoms with Crippen molar-refractivity contribution in [2.75, 3.05) is 13.7 Å². The van der Waals surface area contributed by atoms with Crippen LogP contribution in [0.4, 0.5) is 8.78 Å². The summed E-state index contributed by atoms with van der Waals surface area (Å²) in [5, 5.41) is 0.518. The predicted molar refractivity (Wildman–Crippen MR) is 99.0 cm³/mol. The fraction of sp³-hybridized carbons (Fsp3) is 0.200. The van der Waals surface area contributed by atoms with Gasteiger partial charge < -0.3 is 9.64 Å². The van der Waals surface area contributed by atoms with Crippen LogP contribution in [0.25, 0.3) is 6.08 Å². The number of benzene rings is 2. The molecule has 7 heteroatoms.